The Morgan fingerprint density at radius 3 is 2.55 bits per heavy atom. The van der Waals surface area contributed by atoms with Gasteiger partial charge in [-0.15, -0.1) is 0 Å². The van der Waals surface area contributed by atoms with Crippen LogP contribution < -0.4 is 17.1 Å². The fourth-order valence-corrected chi connectivity index (χ4v) is 2.40. The van der Waals surface area contributed by atoms with E-state index in [0.717, 1.165) is 33.6 Å². The summed E-state index contributed by atoms with van der Waals surface area (Å²) in [5.74, 6) is 1.71. The van der Waals surface area contributed by atoms with Crippen molar-refractivity contribution < 1.29 is 21.6 Å². The van der Waals surface area contributed by atoms with Crippen LogP contribution in [0.15, 0.2) is 65.3 Å². The van der Waals surface area contributed by atoms with E-state index in [1.54, 1.807) is 6.26 Å². The number of hydrogen-bond donors (Lipinski definition) is 0. The number of ether oxygens (including phenoxy) is 1. The van der Waals surface area contributed by atoms with E-state index in [1.165, 1.54) is 0 Å². The van der Waals surface area contributed by atoms with Gasteiger partial charge in [-0.05, 0) is 18.2 Å². The van der Waals surface area contributed by atoms with Crippen molar-refractivity contribution in [3.8, 4) is 5.75 Å². The van der Waals surface area contributed by atoms with Gasteiger partial charge >= 0.3 is 11.8 Å². The minimum absolute atomic E-state index is 0. The van der Waals surface area contributed by atoms with Crippen molar-refractivity contribution in [3.05, 3.63) is 72.0 Å². The van der Waals surface area contributed by atoms with Crippen LogP contribution in [0.3, 0.4) is 0 Å². The lowest BCUT2D eigenvalue weighted by molar-refractivity contribution is -0.00000449. The number of rotatable bonds is 1. The van der Waals surface area contributed by atoms with Crippen LogP contribution in [0, 0.1) is 0 Å². The molecular weight excluding hydrogens is 272 g/mol. The molecule has 4 rings (SSSR count). The van der Waals surface area contributed by atoms with E-state index < -0.39 is 0 Å². The van der Waals surface area contributed by atoms with Gasteiger partial charge in [-0.2, -0.15) is 0 Å². The first-order valence-electron chi connectivity index (χ1n) is 6.20. The van der Waals surface area contributed by atoms with Gasteiger partial charge in [0.1, 0.15) is 16.9 Å². The van der Waals surface area contributed by atoms with Crippen LogP contribution in [0.5, 0.6) is 5.75 Å². The first-order chi connectivity index (χ1) is 9.42. The van der Waals surface area contributed by atoms with E-state index in [4.69, 9.17) is 9.15 Å². The number of halogens is 1. The second-order valence-corrected chi connectivity index (χ2v) is 4.48. The van der Waals surface area contributed by atoms with Crippen molar-refractivity contribution >= 4 is 22.8 Å². The molecule has 0 bridgehead atoms. The third-order valence-electron chi connectivity index (χ3n) is 3.28. The van der Waals surface area contributed by atoms with Gasteiger partial charge in [0.2, 0.25) is 0 Å². The Balaban J connectivity index is 0.00000121. The molecule has 0 amide bonds. The zero-order valence-corrected chi connectivity index (χ0v) is 11.3. The molecule has 3 aromatic rings. The van der Waals surface area contributed by atoms with Crippen LogP contribution in [0.1, 0.15) is 11.1 Å². The summed E-state index contributed by atoms with van der Waals surface area (Å²) in [6, 6.07) is 17.9. The van der Waals surface area contributed by atoms with Gasteiger partial charge in [0, 0.05) is 23.3 Å². The van der Waals surface area contributed by atoms with Crippen molar-refractivity contribution in [2.75, 3.05) is 0 Å². The molecule has 2 heterocycles. The van der Waals surface area contributed by atoms with Crippen LogP contribution >= 0.6 is 0 Å². The molecule has 3 heteroatoms. The fraction of sp³-hybridized carbons (Fsp3) is 0. The lowest BCUT2D eigenvalue weighted by Crippen LogP contribution is -3.00. The lowest BCUT2D eigenvalue weighted by Gasteiger charge is -2.16. The molecule has 1 aromatic heterocycles. The summed E-state index contributed by atoms with van der Waals surface area (Å²) in [6.07, 6.45) is 3.77. The highest BCUT2D eigenvalue weighted by molar-refractivity contribution is 5.99. The molecule has 0 saturated heterocycles. The summed E-state index contributed by atoms with van der Waals surface area (Å²) >= 11 is 0. The molecule has 1 aliphatic heterocycles. The van der Waals surface area contributed by atoms with Crippen molar-refractivity contribution in [1.29, 1.82) is 0 Å². The minimum atomic E-state index is 0. The van der Waals surface area contributed by atoms with Crippen molar-refractivity contribution in [1.82, 2.24) is 0 Å². The monoisotopic (exact) mass is 282 g/mol. The highest BCUT2D eigenvalue weighted by atomic mass is 35.5. The molecule has 0 spiro atoms. The molecule has 98 valence electrons. The molecular formula is C17H11ClO2. The molecule has 2 aromatic carbocycles. The van der Waals surface area contributed by atoms with Crippen LogP contribution in [0.4, 0.5) is 0 Å². The molecule has 0 unspecified atom stereocenters. The zero-order valence-electron chi connectivity index (χ0n) is 10.5. The summed E-state index contributed by atoms with van der Waals surface area (Å²) in [5, 5.41) is 1.03. The Bertz CT molecular complexity index is 789. The van der Waals surface area contributed by atoms with E-state index in [9.17, 15) is 0 Å². The highest BCUT2D eigenvalue weighted by Gasteiger charge is 2.21. The Morgan fingerprint density at radius 2 is 1.70 bits per heavy atom. The van der Waals surface area contributed by atoms with Gasteiger partial charge in [0.25, 0.3) is 0 Å². The van der Waals surface area contributed by atoms with E-state index in [2.05, 4.69) is 6.08 Å². The Labute approximate surface area is 122 Å². The predicted octanol–water partition coefficient (Wildman–Crippen LogP) is 1.61. The molecule has 0 aliphatic carbocycles. The van der Waals surface area contributed by atoms with E-state index in [0.29, 0.717) is 0 Å². The van der Waals surface area contributed by atoms with Crippen LogP contribution in [0.25, 0.3) is 22.8 Å². The lowest BCUT2D eigenvalue weighted by atomic mass is 10.0. The molecule has 20 heavy (non-hydrogen) atoms. The summed E-state index contributed by atoms with van der Waals surface area (Å²) in [6.45, 7) is 0. The van der Waals surface area contributed by atoms with Gasteiger partial charge in [0.05, 0.1) is 0 Å². The predicted molar refractivity (Wildman–Crippen MR) is 75.6 cm³/mol. The average Bonchev–Trinajstić information content (AvgIpc) is 2.49. The zero-order chi connectivity index (χ0) is 12.7. The van der Waals surface area contributed by atoms with Gasteiger partial charge in [-0.1, -0.05) is 30.3 Å². The van der Waals surface area contributed by atoms with E-state index in [-0.39, 0.29) is 12.4 Å². The summed E-state index contributed by atoms with van der Waals surface area (Å²) in [4.78, 5) is 0. The molecule has 2 nitrogen and oxygen atoms in total. The third-order valence-corrected chi connectivity index (χ3v) is 3.28. The summed E-state index contributed by atoms with van der Waals surface area (Å²) in [5.41, 5.74) is 3.05. The fourth-order valence-electron chi connectivity index (χ4n) is 2.40. The standard InChI is InChI=1S/C17H11O2.ClH/c1-2-5-12(6-3-1)16-11-13-9-10-18-14-7-4-8-15(19-16)17(13)14;/h1-11H;1H/q+1;/p-1. The van der Waals surface area contributed by atoms with Crippen LogP contribution in [-0.2, 0) is 0 Å². The van der Waals surface area contributed by atoms with Crippen molar-refractivity contribution in [2.45, 2.75) is 0 Å². The van der Waals surface area contributed by atoms with Gasteiger partial charge in [-0.25, -0.2) is 4.42 Å². The van der Waals surface area contributed by atoms with Crippen molar-refractivity contribution in [3.63, 3.8) is 0 Å². The third kappa shape index (κ3) is 1.95. The normalized spacial score (nSPS) is 12.3. The maximum atomic E-state index is 5.99. The van der Waals surface area contributed by atoms with Gasteiger partial charge in [-0.3, -0.25) is 0 Å². The average molecular weight is 283 g/mol. The molecule has 0 fully saturated rings. The largest absolute Gasteiger partial charge is 1.00 e. The second-order valence-electron chi connectivity index (χ2n) is 4.48. The quantitative estimate of drug-likeness (QED) is 0.632. The first-order valence-corrected chi connectivity index (χ1v) is 6.20. The first kappa shape index (κ1) is 12.7. The smallest absolute Gasteiger partial charge is 0.364 e. The number of hydrogen-bond acceptors (Lipinski definition) is 1. The van der Waals surface area contributed by atoms with Crippen LogP contribution in [-0.4, -0.2) is 0 Å². The minimum Gasteiger partial charge on any atom is -1.00 e. The van der Waals surface area contributed by atoms with E-state index in [1.807, 2.05) is 54.6 Å². The SMILES string of the molecule is C1=C(c2ccccc2)Oc2cccc3[o+]ccc1c23.[Cl-]. The number of benzene rings is 2. The maximum absolute atomic E-state index is 5.99. The Kier molecular flexibility index (Phi) is 3.17. The highest BCUT2D eigenvalue weighted by Crippen LogP contribution is 2.37. The molecule has 0 radical (unpaired) electrons. The molecule has 1 aliphatic rings. The maximum Gasteiger partial charge on any atom is 0.364 e. The molecule has 0 N–H and O–H groups in total. The second kappa shape index (κ2) is 4.99. The Morgan fingerprint density at radius 1 is 0.850 bits per heavy atom. The van der Waals surface area contributed by atoms with Gasteiger partial charge < -0.3 is 17.1 Å². The topological polar surface area (TPSA) is 20.5 Å². The summed E-state index contributed by atoms with van der Waals surface area (Å²) < 4.78 is 11.5. The van der Waals surface area contributed by atoms with Gasteiger partial charge in [0.15, 0.2) is 0 Å². The summed E-state index contributed by atoms with van der Waals surface area (Å²) in [7, 11) is 0. The Hall–Kier alpha value is -2.32. The van der Waals surface area contributed by atoms with E-state index >= 15 is 0 Å². The molecule has 0 atom stereocenters. The van der Waals surface area contributed by atoms with Crippen LogP contribution in [0.2, 0.25) is 0 Å². The van der Waals surface area contributed by atoms with Crippen molar-refractivity contribution in [2.24, 2.45) is 0 Å². The molecule has 0 saturated carbocycles.